The van der Waals surface area contributed by atoms with E-state index in [1.165, 1.54) is 18.5 Å². The van der Waals surface area contributed by atoms with Crippen molar-refractivity contribution in [1.29, 1.82) is 0 Å². The molecule has 0 saturated carbocycles. The summed E-state index contributed by atoms with van der Waals surface area (Å²) in [5, 5.41) is 3.35. The monoisotopic (exact) mass is 223 g/mol. The molecule has 2 rings (SSSR count). The number of ether oxygens (including phenoxy) is 1. The Morgan fingerprint density at radius 1 is 1.69 bits per heavy atom. The maximum Gasteiger partial charge on any atom is 0.0946 e. The van der Waals surface area contributed by atoms with Crippen LogP contribution in [0.25, 0.3) is 0 Å². The van der Waals surface area contributed by atoms with Crippen molar-refractivity contribution in [2.75, 3.05) is 13.7 Å². The van der Waals surface area contributed by atoms with E-state index in [-0.39, 0.29) is 0 Å². The summed E-state index contributed by atoms with van der Waals surface area (Å²) >= 11 is 0. The van der Waals surface area contributed by atoms with E-state index >= 15 is 0 Å². The smallest absolute Gasteiger partial charge is 0.0946 e. The topological polar surface area (TPSA) is 39.1 Å². The van der Waals surface area contributed by atoms with E-state index in [1.807, 2.05) is 26.6 Å². The minimum atomic E-state index is 0.386. The van der Waals surface area contributed by atoms with Gasteiger partial charge in [-0.3, -0.25) is 0 Å². The van der Waals surface area contributed by atoms with Crippen LogP contribution in [0.2, 0.25) is 0 Å². The van der Waals surface area contributed by atoms with Crippen molar-refractivity contribution in [3.05, 3.63) is 18.2 Å². The van der Waals surface area contributed by atoms with E-state index in [0.29, 0.717) is 12.1 Å². The van der Waals surface area contributed by atoms with Crippen molar-refractivity contribution >= 4 is 0 Å². The maximum atomic E-state index is 5.65. The number of nitrogens with one attached hydrogen (secondary N) is 1. The Morgan fingerprint density at radius 2 is 2.56 bits per heavy atom. The lowest BCUT2D eigenvalue weighted by Crippen LogP contribution is -2.20. The predicted molar refractivity (Wildman–Crippen MR) is 63.2 cm³/mol. The summed E-state index contributed by atoms with van der Waals surface area (Å²) in [6, 6.07) is 0.386. The summed E-state index contributed by atoms with van der Waals surface area (Å²) in [4.78, 5) is 4.16. The number of hydrogen-bond donors (Lipinski definition) is 1. The second-order valence-corrected chi connectivity index (χ2v) is 4.48. The molecule has 2 atom stereocenters. The third-order valence-electron chi connectivity index (χ3n) is 3.36. The lowest BCUT2D eigenvalue weighted by atomic mass is 10.0. The van der Waals surface area contributed by atoms with Crippen molar-refractivity contribution < 1.29 is 4.74 Å². The Hall–Kier alpha value is -0.870. The van der Waals surface area contributed by atoms with Gasteiger partial charge in [-0.2, -0.15) is 0 Å². The summed E-state index contributed by atoms with van der Waals surface area (Å²) in [6.45, 7) is 0.945. The fraction of sp³-hybridized carbons (Fsp3) is 0.750. The average molecular weight is 223 g/mol. The van der Waals surface area contributed by atoms with Crippen molar-refractivity contribution in [1.82, 2.24) is 14.9 Å². The van der Waals surface area contributed by atoms with E-state index in [9.17, 15) is 0 Å². The van der Waals surface area contributed by atoms with Crippen LogP contribution < -0.4 is 5.32 Å². The first-order valence-corrected chi connectivity index (χ1v) is 6.06. The Kier molecular flexibility index (Phi) is 3.96. The molecule has 0 amide bonds. The Morgan fingerprint density at radius 3 is 3.12 bits per heavy atom. The van der Waals surface area contributed by atoms with Crippen molar-refractivity contribution in [2.45, 2.75) is 37.8 Å². The molecular formula is C12H21N3O. The minimum absolute atomic E-state index is 0.386. The normalized spacial score (nSPS) is 22.5. The van der Waals surface area contributed by atoms with Gasteiger partial charge in [-0.15, -0.1) is 0 Å². The first-order chi connectivity index (χ1) is 7.81. The van der Waals surface area contributed by atoms with Gasteiger partial charge < -0.3 is 14.6 Å². The van der Waals surface area contributed by atoms with Crippen LogP contribution in [0.15, 0.2) is 12.5 Å². The third kappa shape index (κ3) is 2.62. The van der Waals surface area contributed by atoms with E-state index in [2.05, 4.69) is 14.9 Å². The summed E-state index contributed by atoms with van der Waals surface area (Å²) in [5.41, 5.74) is 1.25. The molecule has 1 aliphatic heterocycles. The van der Waals surface area contributed by atoms with Crippen molar-refractivity contribution in [3.8, 4) is 0 Å². The van der Waals surface area contributed by atoms with Crippen molar-refractivity contribution in [2.24, 2.45) is 7.05 Å². The Labute approximate surface area is 97.0 Å². The number of hydrogen-bond acceptors (Lipinski definition) is 3. The lowest BCUT2D eigenvalue weighted by Gasteiger charge is -2.18. The van der Waals surface area contributed by atoms with Gasteiger partial charge in [0.05, 0.1) is 18.1 Å². The molecular weight excluding hydrogens is 202 g/mol. The number of aromatic nitrogens is 2. The van der Waals surface area contributed by atoms with Crippen LogP contribution >= 0.6 is 0 Å². The Balaban J connectivity index is 1.88. The molecule has 1 aliphatic rings. The predicted octanol–water partition coefficient (Wildman–Crippen LogP) is 1.64. The van der Waals surface area contributed by atoms with E-state index in [0.717, 1.165) is 19.4 Å². The van der Waals surface area contributed by atoms with Crippen LogP contribution in [0.4, 0.5) is 0 Å². The van der Waals surface area contributed by atoms with Crippen LogP contribution in [-0.2, 0) is 11.8 Å². The molecule has 0 aliphatic carbocycles. The maximum absolute atomic E-state index is 5.65. The van der Waals surface area contributed by atoms with Gasteiger partial charge in [0, 0.05) is 25.9 Å². The van der Waals surface area contributed by atoms with Crippen LogP contribution in [0.5, 0.6) is 0 Å². The number of rotatable bonds is 5. The average Bonchev–Trinajstić information content (AvgIpc) is 2.92. The number of imidazole rings is 1. The van der Waals surface area contributed by atoms with E-state index in [1.54, 1.807) is 0 Å². The highest BCUT2D eigenvalue weighted by Crippen LogP contribution is 2.23. The first-order valence-electron chi connectivity index (χ1n) is 6.06. The van der Waals surface area contributed by atoms with Gasteiger partial charge in [-0.25, -0.2) is 4.98 Å². The molecule has 4 nitrogen and oxygen atoms in total. The van der Waals surface area contributed by atoms with Gasteiger partial charge in [0.2, 0.25) is 0 Å². The van der Waals surface area contributed by atoms with Crippen LogP contribution in [0.1, 0.15) is 37.4 Å². The molecule has 2 heterocycles. The molecule has 2 unspecified atom stereocenters. The lowest BCUT2D eigenvalue weighted by molar-refractivity contribution is 0.0996. The van der Waals surface area contributed by atoms with E-state index in [4.69, 9.17) is 4.74 Å². The van der Waals surface area contributed by atoms with Crippen LogP contribution in [0.3, 0.4) is 0 Å². The third-order valence-corrected chi connectivity index (χ3v) is 3.36. The zero-order chi connectivity index (χ0) is 11.4. The van der Waals surface area contributed by atoms with Gasteiger partial charge in [-0.1, -0.05) is 0 Å². The van der Waals surface area contributed by atoms with Gasteiger partial charge in [0.25, 0.3) is 0 Å². The largest absolute Gasteiger partial charge is 0.378 e. The molecule has 1 aromatic rings. The summed E-state index contributed by atoms with van der Waals surface area (Å²) in [7, 11) is 4.05. The molecule has 1 fully saturated rings. The highest BCUT2D eigenvalue weighted by Gasteiger charge is 2.19. The molecule has 1 aromatic heterocycles. The molecule has 1 saturated heterocycles. The molecule has 0 bridgehead atoms. The summed E-state index contributed by atoms with van der Waals surface area (Å²) in [6.07, 6.45) is 8.96. The quantitative estimate of drug-likeness (QED) is 0.825. The Bertz CT molecular complexity index is 318. The molecule has 0 radical (unpaired) electrons. The fourth-order valence-corrected chi connectivity index (χ4v) is 2.37. The van der Waals surface area contributed by atoms with Crippen molar-refractivity contribution in [3.63, 3.8) is 0 Å². The molecule has 90 valence electrons. The minimum Gasteiger partial charge on any atom is -0.378 e. The number of aryl methyl sites for hydroxylation is 1. The van der Waals surface area contributed by atoms with Gasteiger partial charge in [-0.05, 0) is 32.7 Å². The van der Waals surface area contributed by atoms with E-state index < -0.39 is 0 Å². The fourth-order valence-electron chi connectivity index (χ4n) is 2.37. The molecule has 4 heteroatoms. The summed E-state index contributed by atoms with van der Waals surface area (Å²) < 4.78 is 7.73. The SMILES string of the molecule is CNC(CCC1CCCO1)c1cncn1C. The first kappa shape index (κ1) is 11.6. The van der Waals surface area contributed by atoms with Crippen LogP contribution in [0, 0.1) is 0 Å². The van der Waals surface area contributed by atoms with Gasteiger partial charge >= 0.3 is 0 Å². The zero-order valence-electron chi connectivity index (χ0n) is 10.1. The molecule has 0 spiro atoms. The highest BCUT2D eigenvalue weighted by molar-refractivity contribution is 5.04. The second-order valence-electron chi connectivity index (χ2n) is 4.48. The second kappa shape index (κ2) is 5.46. The molecule has 0 aromatic carbocycles. The highest BCUT2D eigenvalue weighted by atomic mass is 16.5. The standard InChI is InChI=1S/C12H21N3O/c1-13-11(12-8-14-9-15(12)2)6-5-10-4-3-7-16-10/h8-11,13H,3-7H2,1-2H3. The van der Waals surface area contributed by atoms with Crippen LogP contribution in [-0.4, -0.2) is 29.3 Å². The van der Waals surface area contributed by atoms with Gasteiger partial charge in [0.15, 0.2) is 0 Å². The number of nitrogens with zero attached hydrogens (tertiary/aromatic N) is 2. The summed E-state index contributed by atoms with van der Waals surface area (Å²) in [5.74, 6) is 0. The molecule has 16 heavy (non-hydrogen) atoms. The van der Waals surface area contributed by atoms with Gasteiger partial charge in [0.1, 0.15) is 0 Å². The molecule has 1 N–H and O–H groups in total. The zero-order valence-corrected chi connectivity index (χ0v) is 10.1.